The van der Waals surface area contributed by atoms with Crippen molar-refractivity contribution in [1.82, 2.24) is 15.5 Å². The third-order valence-corrected chi connectivity index (χ3v) is 5.98. The summed E-state index contributed by atoms with van der Waals surface area (Å²) >= 11 is 1.76. The van der Waals surface area contributed by atoms with Crippen LogP contribution in [0.25, 0.3) is 10.1 Å². The Hall–Kier alpha value is -2.57. The standard InChI is InChI=1S/C22H27N3O2S/c1-15(16-7-6-8-19(26)12-16)24-22(27)23-13-18(25(2)3)11-17-14-28-21-10-5-4-9-20(17)21/h4-10,12,14-15,18,26H,11,13H2,1-3H3,(H2,23,24,27). The van der Waals surface area contributed by atoms with E-state index in [4.69, 9.17) is 0 Å². The number of thiophene rings is 1. The molecule has 3 N–H and O–H groups in total. The molecule has 6 heteroatoms. The number of carbonyl (C=O) groups is 1. The number of hydrogen-bond acceptors (Lipinski definition) is 4. The number of aromatic hydroxyl groups is 1. The Morgan fingerprint density at radius 1 is 1.18 bits per heavy atom. The van der Waals surface area contributed by atoms with Gasteiger partial charge in [-0.1, -0.05) is 30.3 Å². The second-order valence-corrected chi connectivity index (χ2v) is 8.16. The zero-order chi connectivity index (χ0) is 20.1. The lowest BCUT2D eigenvalue weighted by molar-refractivity contribution is 0.229. The summed E-state index contributed by atoms with van der Waals surface area (Å²) in [6.07, 6.45) is 0.874. The summed E-state index contributed by atoms with van der Waals surface area (Å²) in [5.41, 5.74) is 2.18. The molecule has 0 aliphatic rings. The van der Waals surface area contributed by atoms with Gasteiger partial charge in [0.15, 0.2) is 0 Å². The summed E-state index contributed by atoms with van der Waals surface area (Å²) in [6.45, 7) is 2.45. The van der Waals surface area contributed by atoms with Crippen molar-refractivity contribution >= 4 is 27.5 Å². The molecule has 0 aliphatic heterocycles. The predicted molar refractivity (Wildman–Crippen MR) is 116 cm³/mol. The molecule has 28 heavy (non-hydrogen) atoms. The van der Waals surface area contributed by atoms with Crippen molar-refractivity contribution in [1.29, 1.82) is 0 Å². The Bertz CT molecular complexity index is 938. The van der Waals surface area contributed by atoms with Crippen LogP contribution in [0.4, 0.5) is 4.79 Å². The normalized spacial score (nSPS) is 13.4. The number of likely N-dealkylation sites (N-methyl/N-ethyl adjacent to an activating group) is 1. The van der Waals surface area contributed by atoms with Gasteiger partial charge in [0.1, 0.15) is 5.75 Å². The van der Waals surface area contributed by atoms with E-state index in [1.54, 1.807) is 29.5 Å². The molecule has 0 radical (unpaired) electrons. The molecular formula is C22H27N3O2S. The highest BCUT2D eigenvalue weighted by Crippen LogP contribution is 2.27. The molecule has 1 heterocycles. The Balaban J connectivity index is 1.58. The van der Waals surface area contributed by atoms with Crippen molar-refractivity contribution < 1.29 is 9.90 Å². The van der Waals surface area contributed by atoms with Gasteiger partial charge in [-0.05, 0) is 67.5 Å². The lowest BCUT2D eigenvalue weighted by Crippen LogP contribution is -2.45. The number of nitrogens with one attached hydrogen (secondary N) is 2. The van der Waals surface area contributed by atoms with E-state index in [0.29, 0.717) is 6.54 Å². The maximum absolute atomic E-state index is 12.4. The van der Waals surface area contributed by atoms with Crippen LogP contribution >= 0.6 is 11.3 Å². The molecule has 0 bridgehead atoms. The SMILES string of the molecule is CC(NC(=O)NCC(Cc1csc2ccccc12)N(C)C)c1cccc(O)c1. The van der Waals surface area contributed by atoms with Crippen LogP contribution in [0.3, 0.4) is 0 Å². The maximum Gasteiger partial charge on any atom is 0.315 e. The number of carbonyl (C=O) groups excluding carboxylic acids is 1. The lowest BCUT2D eigenvalue weighted by atomic mass is 10.0. The van der Waals surface area contributed by atoms with Crippen LogP contribution in [0.15, 0.2) is 53.9 Å². The van der Waals surface area contributed by atoms with Crippen LogP contribution in [-0.2, 0) is 6.42 Å². The molecule has 0 fully saturated rings. The molecule has 2 atom stereocenters. The third-order valence-electron chi connectivity index (χ3n) is 4.96. The highest BCUT2D eigenvalue weighted by Gasteiger charge is 2.17. The number of phenolic OH excluding ortho intramolecular Hbond substituents is 1. The average Bonchev–Trinajstić information content (AvgIpc) is 3.07. The largest absolute Gasteiger partial charge is 0.508 e. The first kappa shape index (κ1) is 20.2. The van der Waals surface area contributed by atoms with Gasteiger partial charge in [-0.3, -0.25) is 0 Å². The van der Waals surface area contributed by atoms with Gasteiger partial charge in [0.25, 0.3) is 0 Å². The van der Waals surface area contributed by atoms with Gasteiger partial charge >= 0.3 is 6.03 Å². The van der Waals surface area contributed by atoms with Crippen molar-refractivity contribution in [3.63, 3.8) is 0 Å². The predicted octanol–water partition coefficient (Wildman–Crippen LogP) is 4.14. The van der Waals surface area contributed by atoms with Crippen LogP contribution in [0.5, 0.6) is 5.75 Å². The van der Waals surface area contributed by atoms with E-state index < -0.39 is 0 Å². The number of nitrogens with zero attached hydrogens (tertiary/aromatic N) is 1. The van der Waals surface area contributed by atoms with Crippen molar-refractivity contribution in [2.75, 3.05) is 20.6 Å². The van der Waals surface area contributed by atoms with E-state index in [1.807, 2.05) is 27.1 Å². The summed E-state index contributed by atoms with van der Waals surface area (Å²) < 4.78 is 1.29. The van der Waals surface area contributed by atoms with E-state index >= 15 is 0 Å². The number of rotatable bonds is 7. The van der Waals surface area contributed by atoms with Crippen molar-refractivity contribution in [3.8, 4) is 5.75 Å². The van der Waals surface area contributed by atoms with Crippen molar-refractivity contribution in [3.05, 3.63) is 65.0 Å². The minimum Gasteiger partial charge on any atom is -0.508 e. The summed E-state index contributed by atoms with van der Waals surface area (Å²) in [4.78, 5) is 14.5. The van der Waals surface area contributed by atoms with Gasteiger partial charge < -0.3 is 20.6 Å². The van der Waals surface area contributed by atoms with Crippen LogP contribution in [-0.4, -0.2) is 42.7 Å². The minimum atomic E-state index is -0.210. The molecule has 0 saturated heterocycles. The van der Waals surface area contributed by atoms with Crippen molar-refractivity contribution in [2.45, 2.75) is 25.4 Å². The van der Waals surface area contributed by atoms with Gasteiger partial charge in [0.2, 0.25) is 0 Å². The molecule has 0 aliphatic carbocycles. The fourth-order valence-electron chi connectivity index (χ4n) is 3.22. The van der Waals surface area contributed by atoms with E-state index in [1.165, 1.54) is 15.6 Å². The summed E-state index contributed by atoms with van der Waals surface area (Å²) in [7, 11) is 4.07. The zero-order valence-electron chi connectivity index (χ0n) is 16.5. The number of hydrogen-bond donors (Lipinski definition) is 3. The highest BCUT2D eigenvalue weighted by atomic mass is 32.1. The summed E-state index contributed by atoms with van der Waals surface area (Å²) in [5, 5.41) is 19.0. The Morgan fingerprint density at radius 2 is 1.96 bits per heavy atom. The molecule has 5 nitrogen and oxygen atoms in total. The molecule has 3 rings (SSSR count). The fourth-order valence-corrected chi connectivity index (χ4v) is 4.19. The Labute approximate surface area is 170 Å². The van der Waals surface area contributed by atoms with E-state index in [-0.39, 0.29) is 23.9 Å². The average molecular weight is 398 g/mol. The fraction of sp³-hybridized carbons (Fsp3) is 0.318. The van der Waals surface area contributed by atoms with E-state index in [2.05, 4.69) is 45.2 Å². The molecule has 0 saturated carbocycles. The highest BCUT2D eigenvalue weighted by molar-refractivity contribution is 7.17. The lowest BCUT2D eigenvalue weighted by Gasteiger charge is -2.25. The number of amides is 2. The molecule has 2 amide bonds. The summed E-state index contributed by atoms with van der Waals surface area (Å²) in [6, 6.07) is 15.2. The van der Waals surface area contributed by atoms with Gasteiger partial charge in [0, 0.05) is 17.3 Å². The Kier molecular flexibility index (Phi) is 6.54. The summed E-state index contributed by atoms with van der Waals surface area (Å²) in [5.74, 6) is 0.196. The molecule has 1 aromatic heterocycles. The quantitative estimate of drug-likeness (QED) is 0.561. The van der Waals surface area contributed by atoms with Crippen LogP contribution in [0, 0.1) is 0 Å². The minimum absolute atomic E-state index is 0.189. The number of fused-ring (bicyclic) bond motifs is 1. The topological polar surface area (TPSA) is 64.6 Å². The molecule has 3 aromatic rings. The third kappa shape index (κ3) is 5.03. The molecule has 148 valence electrons. The number of benzene rings is 2. The molecule has 2 unspecified atom stereocenters. The first-order valence-corrected chi connectivity index (χ1v) is 10.3. The van der Waals surface area contributed by atoms with Gasteiger partial charge in [0.05, 0.1) is 6.04 Å². The molecular weight excluding hydrogens is 370 g/mol. The second kappa shape index (κ2) is 9.08. The smallest absolute Gasteiger partial charge is 0.315 e. The molecule has 2 aromatic carbocycles. The number of urea groups is 1. The van der Waals surface area contributed by atoms with Gasteiger partial charge in [-0.2, -0.15) is 0 Å². The molecule has 0 spiro atoms. The first-order chi connectivity index (χ1) is 13.4. The first-order valence-electron chi connectivity index (χ1n) is 9.39. The van der Waals surface area contributed by atoms with E-state index in [0.717, 1.165) is 12.0 Å². The van der Waals surface area contributed by atoms with E-state index in [9.17, 15) is 9.90 Å². The second-order valence-electron chi connectivity index (χ2n) is 7.25. The van der Waals surface area contributed by atoms with Crippen LogP contribution in [0.2, 0.25) is 0 Å². The Morgan fingerprint density at radius 3 is 2.71 bits per heavy atom. The maximum atomic E-state index is 12.4. The van der Waals surface area contributed by atoms with Gasteiger partial charge in [-0.25, -0.2) is 4.79 Å². The zero-order valence-corrected chi connectivity index (χ0v) is 17.3. The van der Waals surface area contributed by atoms with Gasteiger partial charge in [-0.15, -0.1) is 11.3 Å². The monoisotopic (exact) mass is 397 g/mol. The van der Waals surface area contributed by atoms with Crippen LogP contribution in [0.1, 0.15) is 24.1 Å². The number of phenols is 1. The van der Waals surface area contributed by atoms with Crippen molar-refractivity contribution in [2.24, 2.45) is 0 Å². The van der Waals surface area contributed by atoms with Crippen LogP contribution < -0.4 is 10.6 Å².